The summed E-state index contributed by atoms with van der Waals surface area (Å²) in [6, 6.07) is 8.31. The maximum Gasteiger partial charge on any atom is 0.256 e. The highest BCUT2D eigenvalue weighted by Gasteiger charge is 2.28. The largest absolute Gasteiger partial charge is 0.361 e. The van der Waals surface area contributed by atoms with Crippen molar-refractivity contribution in [3.63, 3.8) is 0 Å². The van der Waals surface area contributed by atoms with Crippen LogP contribution in [0.25, 0.3) is 0 Å². The van der Waals surface area contributed by atoms with E-state index in [9.17, 15) is 4.79 Å². The molecule has 0 bridgehead atoms. The molecule has 1 heterocycles. The van der Waals surface area contributed by atoms with Gasteiger partial charge in [0.15, 0.2) is 0 Å². The Kier molecular flexibility index (Phi) is 4.69. The van der Waals surface area contributed by atoms with Crippen molar-refractivity contribution in [1.82, 2.24) is 10.5 Å². The number of carbonyl (C=O) groups excluding carboxylic acids is 1. The number of hydrogen-bond acceptors (Lipinski definition) is 3. The first kappa shape index (κ1) is 16.3. The zero-order chi connectivity index (χ0) is 16.3. The van der Waals surface area contributed by atoms with Crippen LogP contribution >= 0.6 is 0 Å². The van der Waals surface area contributed by atoms with Gasteiger partial charge in [0.25, 0.3) is 5.91 Å². The first-order valence-corrected chi connectivity index (χ1v) is 7.59. The minimum Gasteiger partial charge on any atom is -0.361 e. The molecule has 2 aromatic rings. The molecular weight excluding hydrogens is 276 g/mol. The zero-order valence-electron chi connectivity index (χ0n) is 14.0. The summed E-state index contributed by atoms with van der Waals surface area (Å²) >= 11 is 0. The van der Waals surface area contributed by atoms with E-state index in [4.69, 9.17) is 4.52 Å². The molecule has 1 N–H and O–H groups in total. The summed E-state index contributed by atoms with van der Waals surface area (Å²) in [6.45, 7) is 10.5. The third-order valence-electron chi connectivity index (χ3n) is 3.58. The highest BCUT2D eigenvalue weighted by molar-refractivity contribution is 5.96. The summed E-state index contributed by atoms with van der Waals surface area (Å²) < 4.78 is 5.21. The molecule has 0 aliphatic heterocycles. The molecule has 0 saturated heterocycles. The second-order valence-corrected chi connectivity index (χ2v) is 6.71. The van der Waals surface area contributed by atoms with Crippen LogP contribution in [0.2, 0.25) is 0 Å². The van der Waals surface area contributed by atoms with Crippen LogP contribution in [-0.2, 0) is 11.8 Å². The molecule has 0 atom stereocenters. The van der Waals surface area contributed by atoms with Crippen LogP contribution in [0.1, 0.15) is 53.7 Å². The molecule has 4 heteroatoms. The fraction of sp³-hybridized carbons (Fsp3) is 0.444. The molecule has 0 spiro atoms. The van der Waals surface area contributed by atoms with Crippen LogP contribution in [0.15, 0.2) is 28.8 Å². The number of hydrogen-bond donors (Lipinski definition) is 1. The second kappa shape index (κ2) is 6.34. The molecule has 1 aromatic carbocycles. The summed E-state index contributed by atoms with van der Waals surface area (Å²) in [4.78, 5) is 12.4. The van der Waals surface area contributed by atoms with Gasteiger partial charge in [-0.2, -0.15) is 0 Å². The fourth-order valence-electron chi connectivity index (χ4n) is 2.43. The smallest absolute Gasteiger partial charge is 0.256 e. The predicted molar refractivity (Wildman–Crippen MR) is 87.2 cm³/mol. The van der Waals surface area contributed by atoms with E-state index >= 15 is 0 Å². The van der Waals surface area contributed by atoms with Gasteiger partial charge in [0, 0.05) is 12.0 Å². The van der Waals surface area contributed by atoms with Gasteiger partial charge in [-0.05, 0) is 25.8 Å². The number of rotatable bonds is 4. The summed E-state index contributed by atoms with van der Waals surface area (Å²) in [5.41, 5.74) is 3.50. The van der Waals surface area contributed by atoms with Crippen molar-refractivity contribution in [3.8, 4) is 0 Å². The van der Waals surface area contributed by atoms with Gasteiger partial charge < -0.3 is 9.84 Å². The van der Waals surface area contributed by atoms with E-state index in [-0.39, 0.29) is 11.3 Å². The van der Waals surface area contributed by atoms with Gasteiger partial charge in [-0.1, -0.05) is 55.8 Å². The molecular formula is C18H24N2O2. The van der Waals surface area contributed by atoms with E-state index in [1.165, 1.54) is 11.1 Å². The lowest BCUT2D eigenvalue weighted by Gasteiger charge is -2.16. The fourth-order valence-corrected chi connectivity index (χ4v) is 2.43. The number of aryl methyl sites for hydroxylation is 2. The lowest BCUT2D eigenvalue weighted by atomic mass is 9.88. The van der Waals surface area contributed by atoms with E-state index in [0.717, 1.165) is 6.42 Å². The van der Waals surface area contributed by atoms with Crippen molar-refractivity contribution in [1.29, 1.82) is 0 Å². The Morgan fingerprint density at radius 3 is 2.64 bits per heavy atom. The van der Waals surface area contributed by atoms with E-state index in [0.29, 0.717) is 23.6 Å². The van der Waals surface area contributed by atoms with E-state index in [1.807, 2.05) is 26.8 Å². The maximum atomic E-state index is 12.4. The van der Waals surface area contributed by atoms with Gasteiger partial charge in [0.2, 0.25) is 0 Å². The van der Waals surface area contributed by atoms with Crippen LogP contribution in [0, 0.1) is 13.8 Å². The average molecular weight is 300 g/mol. The van der Waals surface area contributed by atoms with Crippen molar-refractivity contribution in [2.75, 3.05) is 6.54 Å². The molecule has 0 aliphatic carbocycles. The molecule has 118 valence electrons. The number of nitrogens with one attached hydrogen (secondary N) is 1. The molecule has 0 unspecified atom stereocenters. The van der Waals surface area contributed by atoms with Crippen molar-refractivity contribution >= 4 is 5.91 Å². The predicted octanol–water partition coefficient (Wildman–Crippen LogP) is 3.56. The Bertz CT molecular complexity index is 666. The minimum atomic E-state index is -0.221. The number of carbonyl (C=O) groups is 1. The number of benzene rings is 1. The Morgan fingerprint density at radius 2 is 2.00 bits per heavy atom. The van der Waals surface area contributed by atoms with Crippen LogP contribution in [-0.4, -0.2) is 17.6 Å². The van der Waals surface area contributed by atoms with Crippen molar-refractivity contribution in [3.05, 3.63) is 52.4 Å². The first-order chi connectivity index (χ1) is 10.3. The quantitative estimate of drug-likeness (QED) is 0.939. The lowest BCUT2D eigenvalue weighted by Crippen LogP contribution is -2.29. The first-order valence-electron chi connectivity index (χ1n) is 7.59. The van der Waals surface area contributed by atoms with E-state index < -0.39 is 0 Å². The Hall–Kier alpha value is -2.10. The Morgan fingerprint density at radius 1 is 1.27 bits per heavy atom. The molecule has 0 aliphatic rings. The normalized spacial score (nSPS) is 11.5. The maximum absolute atomic E-state index is 12.4. The molecule has 0 saturated carbocycles. The highest BCUT2D eigenvalue weighted by Crippen LogP contribution is 2.26. The van der Waals surface area contributed by atoms with E-state index in [2.05, 4.69) is 35.6 Å². The molecule has 1 amide bonds. The lowest BCUT2D eigenvalue weighted by molar-refractivity contribution is 0.0950. The molecule has 2 rings (SSSR count). The van der Waals surface area contributed by atoms with Crippen LogP contribution in [0.5, 0.6) is 0 Å². The van der Waals surface area contributed by atoms with Gasteiger partial charge in [-0.25, -0.2) is 0 Å². The molecule has 0 radical (unpaired) electrons. The van der Waals surface area contributed by atoms with Gasteiger partial charge in [-0.15, -0.1) is 0 Å². The third kappa shape index (κ3) is 3.75. The van der Waals surface area contributed by atoms with Gasteiger partial charge in [-0.3, -0.25) is 4.79 Å². The summed E-state index contributed by atoms with van der Waals surface area (Å²) in [6.07, 6.45) is 0.808. The highest BCUT2D eigenvalue weighted by atomic mass is 16.5. The van der Waals surface area contributed by atoms with Crippen molar-refractivity contribution in [2.45, 2.75) is 46.5 Å². The Labute approximate surface area is 131 Å². The van der Waals surface area contributed by atoms with Crippen LogP contribution in [0.4, 0.5) is 0 Å². The standard InChI is InChI=1S/C18H24N2O2/c1-12-7-6-8-14(11-12)9-10-19-17(21)15-13(2)22-20-16(15)18(3,4)5/h6-8,11H,9-10H2,1-5H3,(H,19,21). The van der Waals surface area contributed by atoms with Gasteiger partial charge in [0.1, 0.15) is 17.0 Å². The molecule has 1 aromatic heterocycles. The topological polar surface area (TPSA) is 55.1 Å². The van der Waals surface area contributed by atoms with Crippen molar-refractivity contribution < 1.29 is 9.32 Å². The molecule has 0 fully saturated rings. The average Bonchev–Trinajstić information content (AvgIpc) is 2.80. The number of amides is 1. The molecule has 4 nitrogen and oxygen atoms in total. The summed E-state index contributed by atoms with van der Waals surface area (Å²) in [5, 5.41) is 7.02. The van der Waals surface area contributed by atoms with Gasteiger partial charge in [0.05, 0.1) is 0 Å². The van der Waals surface area contributed by atoms with Crippen molar-refractivity contribution in [2.24, 2.45) is 0 Å². The van der Waals surface area contributed by atoms with E-state index in [1.54, 1.807) is 6.92 Å². The van der Waals surface area contributed by atoms with Gasteiger partial charge >= 0.3 is 0 Å². The third-order valence-corrected chi connectivity index (χ3v) is 3.58. The summed E-state index contributed by atoms with van der Waals surface area (Å²) in [5.74, 6) is 0.453. The van der Waals surface area contributed by atoms with Crippen LogP contribution in [0.3, 0.4) is 0 Å². The summed E-state index contributed by atoms with van der Waals surface area (Å²) in [7, 11) is 0. The second-order valence-electron chi connectivity index (χ2n) is 6.71. The zero-order valence-corrected chi connectivity index (χ0v) is 14.0. The SMILES string of the molecule is Cc1cccc(CCNC(=O)c2c(C(C)(C)C)noc2C)c1. The monoisotopic (exact) mass is 300 g/mol. The minimum absolute atomic E-state index is 0.115. The number of nitrogens with zero attached hydrogens (tertiary/aromatic N) is 1. The Balaban J connectivity index is 2.03. The molecule has 22 heavy (non-hydrogen) atoms. The number of aromatic nitrogens is 1. The van der Waals surface area contributed by atoms with Crippen LogP contribution < -0.4 is 5.32 Å².